The van der Waals surface area contributed by atoms with Crippen LogP contribution in [0, 0.1) is 0 Å². The van der Waals surface area contributed by atoms with Crippen LogP contribution in [0.3, 0.4) is 0 Å². The molecule has 1 amide bonds. The summed E-state index contributed by atoms with van der Waals surface area (Å²) in [6.45, 7) is 0.788. The fourth-order valence-electron chi connectivity index (χ4n) is 2.72. The zero-order valence-corrected chi connectivity index (χ0v) is 16.6. The highest BCUT2D eigenvalue weighted by Crippen LogP contribution is 2.27. The molecular formula is C21H23N5O3. The zero-order valence-electron chi connectivity index (χ0n) is 16.6. The number of nitrogens with zero attached hydrogens (tertiary/aromatic N) is 4. The van der Waals surface area contributed by atoms with Crippen molar-refractivity contribution < 1.29 is 14.3 Å². The van der Waals surface area contributed by atoms with E-state index in [-0.39, 0.29) is 5.91 Å². The van der Waals surface area contributed by atoms with Crippen LogP contribution in [0.2, 0.25) is 0 Å². The second kappa shape index (κ2) is 9.50. The Balaban J connectivity index is 1.60. The van der Waals surface area contributed by atoms with Gasteiger partial charge in [0, 0.05) is 31.5 Å². The Kier molecular flexibility index (Phi) is 6.57. The van der Waals surface area contributed by atoms with Crippen molar-refractivity contribution >= 4 is 17.5 Å². The van der Waals surface area contributed by atoms with E-state index in [4.69, 9.17) is 9.47 Å². The molecule has 0 spiro atoms. The average Bonchev–Trinajstić information content (AvgIpc) is 2.78. The lowest BCUT2D eigenvalue weighted by Crippen LogP contribution is -2.22. The number of hydrogen-bond acceptors (Lipinski definition) is 7. The van der Waals surface area contributed by atoms with E-state index < -0.39 is 0 Å². The van der Waals surface area contributed by atoms with Crippen LogP contribution >= 0.6 is 0 Å². The van der Waals surface area contributed by atoms with Crippen LogP contribution in [0.5, 0.6) is 11.5 Å². The molecule has 1 aromatic carbocycles. The molecule has 0 bridgehead atoms. The number of ether oxygens (including phenoxy) is 2. The molecule has 0 aliphatic carbocycles. The van der Waals surface area contributed by atoms with Gasteiger partial charge >= 0.3 is 0 Å². The summed E-state index contributed by atoms with van der Waals surface area (Å²) in [5.41, 5.74) is 1.64. The molecule has 0 radical (unpaired) electrons. The molecule has 0 saturated heterocycles. The van der Waals surface area contributed by atoms with Gasteiger partial charge in [-0.15, -0.1) is 10.2 Å². The summed E-state index contributed by atoms with van der Waals surface area (Å²) in [7, 11) is 5.02. The largest absolute Gasteiger partial charge is 0.493 e. The van der Waals surface area contributed by atoms with E-state index in [1.165, 1.54) is 12.7 Å². The van der Waals surface area contributed by atoms with E-state index in [0.29, 0.717) is 22.9 Å². The summed E-state index contributed by atoms with van der Waals surface area (Å²) in [5.74, 6) is 1.83. The number of benzene rings is 1. The summed E-state index contributed by atoms with van der Waals surface area (Å²) >= 11 is 0. The Bertz CT molecular complexity index is 948. The van der Waals surface area contributed by atoms with Crippen LogP contribution in [-0.4, -0.2) is 48.9 Å². The van der Waals surface area contributed by atoms with Crippen molar-refractivity contribution in [2.75, 3.05) is 38.0 Å². The van der Waals surface area contributed by atoms with Gasteiger partial charge in [0.05, 0.1) is 14.2 Å². The van der Waals surface area contributed by atoms with Gasteiger partial charge in [0.25, 0.3) is 5.91 Å². The second-order valence-corrected chi connectivity index (χ2v) is 6.33. The summed E-state index contributed by atoms with van der Waals surface area (Å²) in [5, 5.41) is 11.0. The number of aromatic nitrogens is 3. The summed E-state index contributed by atoms with van der Waals surface area (Å²) in [6, 6.07) is 12.5. The van der Waals surface area contributed by atoms with Crippen molar-refractivity contribution in [3.05, 3.63) is 66.0 Å². The fraction of sp³-hybridized carbons (Fsp3) is 0.238. The third-order valence-corrected chi connectivity index (χ3v) is 4.41. The number of pyridine rings is 1. The second-order valence-electron chi connectivity index (χ2n) is 6.33. The predicted molar refractivity (Wildman–Crippen MR) is 111 cm³/mol. The Hall–Kier alpha value is -3.68. The first-order valence-corrected chi connectivity index (χ1v) is 9.08. The normalized spacial score (nSPS) is 10.3. The molecule has 8 heteroatoms. The smallest absolute Gasteiger partial charge is 0.257 e. The third kappa shape index (κ3) is 5.19. The van der Waals surface area contributed by atoms with E-state index in [1.807, 2.05) is 30.1 Å². The monoisotopic (exact) mass is 393 g/mol. The van der Waals surface area contributed by atoms with Gasteiger partial charge in [-0.3, -0.25) is 9.78 Å². The summed E-state index contributed by atoms with van der Waals surface area (Å²) in [4.78, 5) is 18.5. The van der Waals surface area contributed by atoms with Crippen molar-refractivity contribution in [3.8, 4) is 11.5 Å². The van der Waals surface area contributed by atoms with Gasteiger partial charge in [-0.05, 0) is 54.4 Å². The first-order chi connectivity index (χ1) is 14.1. The molecule has 1 N–H and O–H groups in total. The predicted octanol–water partition coefficient (Wildman–Crippen LogP) is 2.82. The lowest BCUT2D eigenvalue weighted by atomic mass is 10.2. The van der Waals surface area contributed by atoms with Gasteiger partial charge in [-0.2, -0.15) is 0 Å². The maximum atomic E-state index is 12.5. The Labute approximate surface area is 169 Å². The highest BCUT2D eigenvalue weighted by atomic mass is 16.5. The minimum atomic E-state index is -0.306. The van der Waals surface area contributed by atoms with E-state index >= 15 is 0 Å². The fourth-order valence-corrected chi connectivity index (χ4v) is 2.72. The maximum Gasteiger partial charge on any atom is 0.257 e. The lowest BCUT2D eigenvalue weighted by molar-refractivity contribution is 0.102. The van der Waals surface area contributed by atoms with Crippen molar-refractivity contribution in [1.82, 2.24) is 15.2 Å². The van der Waals surface area contributed by atoms with Crippen molar-refractivity contribution in [2.24, 2.45) is 0 Å². The van der Waals surface area contributed by atoms with Crippen LogP contribution in [0.15, 0.2) is 54.9 Å². The third-order valence-electron chi connectivity index (χ3n) is 4.41. The molecule has 0 unspecified atom stereocenters. The number of hydrogen-bond donors (Lipinski definition) is 1. The van der Waals surface area contributed by atoms with Gasteiger partial charge in [0.2, 0.25) is 0 Å². The number of carbonyl (C=O) groups excluding carboxylic acids is 1. The summed E-state index contributed by atoms with van der Waals surface area (Å²) in [6.07, 6.45) is 4.44. The number of rotatable bonds is 8. The van der Waals surface area contributed by atoms with Gasteiger partial charge < -0.3 is 19.7 Å². The van der Waals surface area contributed by atoms with Gasteiger partial charge in [0.15, 0.2) is 23.1 Å². The first-order valence-electron chi connectivity index (χ1n) is 9.08. The molecule has 3 aromatic rings. The highest BCUT2D eigenvalue weighted by Gasteiger charge is 2.12. The minimum absolute atomic E-state index is 0.306. The Morgan fingerprint density at radius 1 is 1.00 bits per heavy atom. The van der Waals surface area contributed by atoms with Gasteiger partial charge in [-0.25, -0.2) is 0 Å². The molecule has 0 atom stereocenters. The summed E-state index contributed by atoms with van der Waals surface area (Å²) < 4.78 is 10.4. The van der Waals surface area contributed by atoms with Crippen LogP contribution in [0.4, 0.5) is 11.6 Å². The van der Waals surface area contributed by atoms with Crippen LogP contribution in [0.25, 0.3) is 0 Å². The maximum absolute atomic E-state index is 12.5. The van der Waals surface area contributed by atoms with Gasteiger partial charge in [0.1, 0.15) is 0 Å². The number of anilines is 2. The van der Waals surface area contributed by atoms with Crippen LogP contribution in [0.1, 0.15) is 15.9 Å². The standard InChI is InChI=1S/C21H23N5O3/c1-26(13-10-15-8-11-22-12-9-15)20-7-6-19(24-25-20)23-21(27)16-4-5-17(28-2)18(14-16)29-3/h4-9,11-12,14H,10,13H2,1-3H3,(H,23,24,27). The first kappa shape index (κ1) is 20.1. The Morgan fingerprint density at radius 2 is 1.76 bits per heavy atom. The van der Waals surface area contributed by atoms with E-state index in [2.05, 4.69) is 20.5 Å². The topological polar surface area (TPSA) is 89.5 Å². The van der Waals surface area contributed by atoms with E-state index in [1.54, 1.807) is 43.8 Å². The van der Waals surface area contributed by atoms with E-state index in [0.717, 1.165) is 18.8 Å². The molecule has 0 saturated carbocycles. The van der Waals surface area contributed by atoms with E-state index in [9.17, 15) is 4.79 Å². The molecule has 3 rings (SSSR count). The van der Waals surface area contributed by atoms with Gasteiger partial charge in [-0.1, -0.05) is 0 Å². The zero-order chi connectivity index (χ0) is 20.6. The van der Waals surface area contributed by atoms with Crippen molar-refractivity contribution in [2.45, 2.75) is 6.42 Å². The molecule has 150 valence electrons. The molecule has 0 aliphatic heterocycles. The molecular weight excluding hydrogens is 370 g/mol. The molecule has 2 heterocycles. The molecule has 2 aromatic heterocycles. The average molecular weight is 393 g/mol. The number of likely N-dealkylation sites (N-methyl/N-ethyl adjacent to an activating group) is 1. The van der Waals surface area contributed by atoms with Crippen LogP contribution in [-0.2, 0) is 6.42 Å². The Morgan fingerprint density at radius 3 is 2.41 bits per heavy atom. The number of amides is 1. The van der Waals surface area contributed by atoms with Crippen molar-refractivity contribution in [1.29, 1.82) is 0 Å². The number of nitrogens with one attached hydrogen (secondary N) is 1. The van der Waals surface area contributed by atoms with Crippen LogP contribution < -0.4 is 19.7 Å². The molecule has 0 fully saturated rings. The lowest BCUT2D eigenvalue weighted by Gasteiger charge is -2.17. The number of carbonyl (C=O) groups is 1. The molecule has 0 aliphatic rings. The molecule has 8 nitrogen and oxygen atoms in total. The number of methoxy groups -OCH3 is 2. The molecule has 29 heavy (non-hydrogen) atoms. The highest BCUT2D eigenvalue weighted by molar-refractivity contribution is 6.04. The minimum Gasteiger partial charge on any atom is -0.493 e. The SMILES string of the molecule is COc1ccc(C(=O)Nc2ccc(N(C)CCc3ccncc3)nn2)cc1OC. The quantitative estimate of drug-likeness (QED) is 0.629. The van der Waals surface area contributed by atoms with Crippen molar-refractivity contribution in [3.63, 3.8) is 0 Å².